The summed E-state index contributed by atoms with van der Waals surface area (Å²) in [4.78, 5) is 11.1. The Hall–Kier alpha value is -1.55. The minimum Gasteiger partial charge on any atom is -0.399 e. The zero-order valence-corrected chi connectivity index (χ0v) is 8.08. The molecule has 14 heavy (non-hydrogen) atoms. The van der Waals surface area contributed by atoms with Crippen LogP contribution in [0.1, 0.15) is 12.0 Å². The number of aliphatic hydroxyl groups is 1. The van der Waals surface area contributed by atoms with Gasteiger partial charge in [0.1, 0.15) is 0 Å². The number of anilines is 2. The van der Waals surface area contributed by atoms with E-state index in [2.05, 4.69) is 5.32 Å². The van der Waals surface area contributed by atoms with Gasteiger partial charge < -0.3 is 16.2 Å². The number of aryl methyl sites for hydroxylation is 1. The number of hydrogen-bond acceptors (Lipinski definition) is 3. The summed E-state index contributed by atoms with van der Waals surface area (Å²) in [6.07, 6.45) is 0.115. The number of carbonyl (C=O) groups is 1. The van der Waals surface area contributed by atoms with Gasteiger partial charge in [0.05, 0.1) is 13.0 Å². The Kier molecular flexibility index (Phi) is 3.48. The van der Waals surface area contributed by atoms with Crippen LogP contribution in [0.3, 0.4) is 0 Å². The number of carbonyl (C=O) groups excluding carboxylic acids is 1. The van der Waals surface area contributed by atoms with Crippen molar-refractivity contribution in [1.82, 2.24) is 0 Å². The molecule has 1 rings (SSSR count). The maximum atomic E-state index is 11.1. The maximum absolute atomic E-state index is 11.1. The van der Waals surface area contributed by atoms with E-state index in [0.29, 0.717) is 5.69 Å². The molecule has 0 saturated heterocycles. The Morgan fingerprint density at radius 1 is 1.57 bits per heavy atom. The van der Waals surface area contributed by atoms with E-state index in [1.54, 1.807) is 18.2 Å². The lowest BCUT2D eigenvalue weighted by Gasteiger charge is -2.07. The number of rotatable bonds is 3. The van der Waals surface area contributed by atoms with Gasteiger partial charge >= 0.3 is 0 Å². The van der Waals surface area contributed by atoms with E-state index < -0.39 is 0 Å². The molecule has 0 unspecified atom stereocenters. The highest BCUT2D eigenvalue weighted by Gasteiger charge is 2.03. The quantitative estimate of drug-likeness (QED) is 0.626. The van der Waals surface area contributed by atoms with Crippen LogP contribution in [0.4, 0.5) is 11.4 Å². The van der Waals surface area contributed by atoms with Crippen LogP contribution in [-0.4, -0.2) is 17.6 Å². The number of amides is 1. The number of nitrogen functional groups attached to an aromatic ring is 1. The summed E-state index contributed by atoms with van der Waals surface area (Å²) in [7, 11) is 0. The molecule has 0 aromatic heterocycles. The van der Waals surface area contributed by atoms with Gasteiger partial charge in [-0.25, -0.2) is 0 Å². The summed E-state index contributed by atoms with van der Waals surface area (Å²) in [5, 5.41) is 11.2. The molecule has 0 saturated carbocycles. The zero-order valence-electron chi connectivity index (χ0n) is 8.08. The molecule has 0 bridgehead atoms. The molecule has 4 heteroatoms. The summed E-state index contributed by atoms with van der Waals surface area (Å²) >= 11 is 0. The molecule has 0 spiro atoms. The second kappa shape index (κ2) is 4.62. The molecular formula is C10H14N2O2. The molecule has 0 radical (unpaired) electrons. The van der Waals surface area contributed by atoms with Gasteiger partial charge in [0.15, 0.2) is 0 Å². The van der Waals surface area contributed by atoms with Gasteiger partial charge in [-0.1, -0.05) is 0 Å². The molecule has 0 heterocycles. The molecule has 0 aliphatic carbocycles. The van der Waals surface area contributed by atoms with Crippen LogP contribution in [0.2, 0.25) is 0 Å². The predicted octanol–water partition coefficient (Wildman–Crippen LogP) is 0.898. The summed E-state index contributed by atoms with van der Waals surface area (Å²) in [6.45, 7) is 1.73. The number of nitrogens with two attached hydrogens (primary N) is 1. The highest BCUT2D eigenvalue weighted by atomic mass is 16.3. The summed E-state index contributed by atoms with van der Waals surface area (Å²) in [5.74, 6) is -0.194. The monoisotopic (exact) mass is 194 g/mol. The van der Waals surface area contributed by atoms with Crippen molar-refractivity contribution >= 4 is 17.3 Å². The Morgan fingerprint density at radius 2 is 2.29 bits per heavy atom. The molecule has 1 aromatic rings. The van der Waals surface area contributed by atoms with Crippen molar-refractivity contribution < 1.29 is 9.90 Å². The van der Waals surface area contributed by atoms with Crippen molar-refractivity contribution in [3.05, 3.63) is 23.8 Å². The van der Waals surface area contributed by atoms with Crippen LogP contribution < -0.4 is 11.1 Å². The Bertz CT molecular complexity index is 337. The van der Waals surface area contributed by atoms with Crippen LogP contribution in [0.15, 0.2) is 18.2 Å². The van der Waals surface area contributed by atoms with Crippen molar-refractivity contribution in [2.45, 2.75) is 13.3 Å². The molecule has 1 amide bonds. The second-order valence-corrected chi connectivity index (χ2v) is 3.10. The smallest absolute Gasteiger partial charge is 0.226 e. The van der Waals surface area contributed by atoms with Gasteiger partial charge in [-0.3, -0.25) is 4.79 Å². The first-order chi connectivity index (χ1) is 6.63. The van der Waals surface area contributed by atoms with E-state index in [1.807, 2.05) is 6.92 Å². The lowest BCUT2D eigenvalue weighted by Crippen LogP contribution is -2.13. The maximum Gasteiger partial charge on any atom is 0.226 e. The van der Waals surface area contributed by atoms with Gasteiger partial charge in [-0.2, -0.15) is 0 Å². The van der Waals surface area contributed by atoms with E-state index in [1.165, 1.54) is 0 Å². The Morgan fingerprint density at radius 3 is 2.86 bits per heavy atom. The molecule has 1 aromatic carbocycles. The normalized spacial score (nSPS) is 9.86. The van der Waals surface area contributed by atoms with Crippen molar-refractivity contribution in [3.63, 3.8) is 0 Å². The zero-order chi connectivity index (χ0) is 10.6. The minimum absolute atomic E-state index is 0.115. The molecule has 0 aliphatic rings. The fourth-order valence-electron chi connectivity index (χ4n) is 1.14. The molecule has 0 aliphatic heterocycles. The first-order valence-electron chi connectivity index (χ1n) is 4.40. The van der Waals surface area contributed by atoms with Crippen molar-refractivity contribution in [1.29, 1.82) is 0 Å². The average molecular weight is 194 g/mol. The third-order valence-corrected chi connectivity index (χ3v) is 1.86. The Balaban J connectivity index is 2.72. The molecule has 0 fully saturated rings. The third kappa shape index (κ3) is 2.74. The van der Waals surface area contributed by atoms with E-state index in [0.717, 1.165) is 11.3 Å². The first-order valence-corrected chi connectivity index (χ1v) is 4.40. The van der Waals surface area contributed by atoms with Gasteiger partial charge in [0.2, 0.25) is 5.91 Å². The van der Waals surface area contributed by atoms with Crippen LogP contribution in [0.25, 0.3) is 0 Å². The average Bonchev–Trinajstić information content (AvgIpc) is 2.10. The van der Waals surface area contributed by atoms with Crippen LogP contribution >= 0.6 is 0 Å². The van der Waals surface area contributed by atoms with Crippen molar-refractivity contribution in [2.24, 2.45) is 0 Å². The fraction of sp³-hybridized carbons (Fsp3) is 0.300. The number of nitrogens with one attached hydrogen (secondary N) is 1. The number of benzene rings is 1. The summed E-state index contributed by atoms with van der Waals surface area (Å²) in [6, 6.07) is 5.26. The highest BCUT2D eigenvalue weighted by molar-refractivity contribution is 5.91. The van der Waals surface area contributed by atoms with Crippen LogP contribution in [0.5, 0.6) is 0 Å². The van der Waals surface area contributed by atoms with Gasteiger partial charge in [0.25, 0.3) is 0 Å². The van der Waals surface area contributed by atoms with Crippen molar-refractivity contribution in [3.8, 4) is 0 Å². The van der Waals surface area contributed by atoms with Gasteiger partial charge in [-0.05, 0) is 30.7 Å². The van der Waals surface area contributed by atoms with E-state index in [-0.39, 0.29) is 18.9 Å². The van der Waals surface area contributed by atoms with Crippen LogP contribution in [-0.2, 0) is 4.79 Å². The molecule has 0 atom stereocenters. The fourth-order valence-corrected chi connectivity index (χ4v) is 1.14. The molecule has 76 valence electrons. The highest BCUT2D eigenvalue weighted by Crippen LogP contribution is 2.17. The predicted molar refractivity (Wildman–Crippen MR) is 55.9 cm³/mol. The standard InChI is InChI=1S/C10H14N2O2/c1-7-6-8(11)2-3-9(7)12-10(14)4-5-13/h2-3,6,13H,4-5,11H2,1H3,(H,12,14). The summed E-state index contributed by atoms with van der Waals surface area (Å²) < 4.78 is 0. The third-order valence-electron chi connectivity index (χ3n) is 1.86. The lowest BCUT2D eigenvalue weighted by molar-refractivity contribution is -0.116. The molecular weight excluding hydrogens is 180 g/mol. The first kappa shape index (κ1) is 10.5. The molecule has 4 nitrogen and oxygen atoms in total. The lowest BCUT2D eigenvalue weighted by atomic mass is 10.2. The summed E-state index contributed by atoms with van der Waals surface area (Å²) in [5.41, 5.74) is 7.88. The van der Waals surface area contributed by atoms with Crippen LogP contribution in [0, 0.1) is 6.92 Å². The second-order valence-electron chi connectivity index (χ2n) is 3.10. The largest absolute Gasteiger partial charge is 0.399 e. The molecule has 4 N–H and O–H groups in total. The number of hydrogen-bond donors (Lipinski definition) is 3. The van der Waals surface area contributed by atoms with Gasteiger partial charge in [0, 0.05) is 11.4 Å². The van der Waals surface area contributed by atoms with E-state index in [9.17, 15) is 4.79 Å². The minimum atomic E-state index is -0.194. The van der Waals surface area contributed by atoms with E-state index >= 15 is 0 Å². The van der Waals surface area contributed by atoms with Gasteiger partial charge in [-0.15, -0.1) is 0 Å². The Labute approximate surface area is 82.7 Å². The number of aliphatic hydroxyl groups excluding tert-OH is 1. The van der Waals surface area contributed by atoms with E-state index in [4.69, 9.17) is 10.8 Å². The topological polar surface area (TPSA) is 75.3 Å². The SMILES string of the molecule is Cc1cc(N)ccc1NC(=O)CCO. The van der Waals surface area contributed by atoms with Crippen molar-refractivity contribution in [2.75, 3.05) is 17.7 Å².